The van der Waals surface area contributed by atoms with E-state index in [2.05, 4.69) is 10.6 Å². The van der Waals surface area contributed by atoms with Crippen molar-refractivity contribution in [3.05, 3.63) is 29.8 Å². The molecule has 1 aromatic carbocycles. The van der Waals surface area contributed by atoms with Gasteiger partial charge in [0.2, 0.25) is 11.8 Å². The molecule has 3 rings (SSSR count). The van der Waals surface area contributed by atoms with Crippen molar-refractivity contribution in [3.63, 3.8) is 0 Å². The molecule has 2 fully saturated rings. The average molecular weight is 336 g/mol. The number of anilines is 1. The van der Waals surface area contributed by atoms with Gasteiger partial charge in [0.25, 0.3) is 0 Å². The third-order valence-corrected chi connectivity index (χ3v) is 6.10. The molecular formula is C16H20N2O4S. The number of benzene rings is 1. The molecule has 3 atom stereocenters. The zero-order chi connectivity index (χ0) is 16.6. The van der Waals surface area contributed by atoms with Gasteiger partial charge in [-0.1, -0.05) is 12.1 Å². The molecule has 1 aromatic rings. The molecule has 0 spiro atoms. The maximum atomic E-state index is 12.2. The number of hydrogen-bond donors (Lipinski definition) is 2. The summed E-state index contributed by atoms with van der Waals surface area (Å²) < 4.78 is 22.8. The van der Waals surface area contributed by atoms with Crippen LogP contribution >= 0.6 is 0 Å². The van der Waals surface area contributed by atoms with Gasteiger partial charge in [0.15, 0.2) is 9.84 Å². The monoisotopic (exact) mass is 336 g/mol. The van der Waals surface area contributed by atoms with E-state index >= 15 is 0 Å². The molecule has 23 heavy (non-hydrogen) atoms. The van der Waals surface area contributed by atoms with E-state index in [1.165, 1.54) is 0 Å². The van der Waals surface area contributed by atoms with Crippen molar-refractivity contribution < 1.29 is 18.0 Å². The van der Waals surface area contributed by atoms with Gasteiger partial charge in [-0.15, -0.1) is 0 Å². The first-order valence-corrected chi connectivity index (χ1v) is 9.54. The minimum atomic E-state index is -3.02. The number of carbonyl (C=O) groups excluding carboxylic acids is 2. The topological polar surface area (TPSA) is 92.3 Å². The first kappa shape index (κ1) is 16.0. The fraction of sp³-hybridized carbons (Fsp3) is 0.500. The van der Waals surface area contributed by atoms with Crippen molar-refractivity contribution in [1.82, 2.24) is 5.32 Å². The van der Waals surface area contributed by atoms with E-state index in [4.69, 9.17) is 0 Å². The summed E-state index contributed by atoms with van der Waals surface area (Å²) in [5.74, 6) is -0.909. The molecule has 0 radical (unpaired) electrons. The lowest BCUT2D eigenvalue weighted by atomic mass is 10.2. The van der Waals surface area contributed by atoms with Crippen LogP contribution in [0, 0.1) is 18.8 Å². The Morgan fingerprint density at radius 3 is 2.57 bits per heavy atom. The maximum Gasteiger partial charge on any atom is 0.228 e. The van der Waals surface area contributed by atoms with Gasteiger partial charge < -0.3 is 10.6 Å². The van der Waals surface area contributed by atoms with E-state index in [0.717, 1.165) is 11.3 Å². The van der Waals surface area contributed by atoms with Gasteiger partial charge in [-0.25, -0.2) is 8.42 Å². The third-order valence-electron chi connectivity index (χ3n) is 4.33. The maximum absolute atomic E-state index is 12.2. The van der Waals surface area contributed by atoms with Gasteiger partial charge in [0, 0.05) is 11.7 Å². The molecule has 3 unspecified atom stereocenters. The smallest absolute Gasteiger partial charge is 0.228 e. The minimum Gasteiger partial charge on any atom is -0.352 e. The lowest BCUT2D eigenvalue weighted by molar-refractivity contribution is -0.125. The van der Waals surface area contributed by atoms with Crippen LogP contribution in [0.25, 0.3) is 0 Å². The molecule has 1 aliphatic carbocycles. The van der Waals surface area contributed by atoms with Crippen LogP contribution in [0.15, 0.2) is 24.3 Å². The predicted octanol–water partition coefficient (Wildman–Crippen LogP) is 0.873. The second-order valence-corrected chi connectivity index (χ2v) is 8.64. The van der Waals surface area contributed by atoms with Crippen LogP contribution in [0.2, 0.25) is 0 Å². The Labute approximate surface area is 135 Å². The summed E-state index contributed by atoms with van der Waals surface area (Å²) in [6.45, 7) is 1.94. The highest BCUT2D eigenvalue weighted by atomic mass is 32.2. The number of amides is 2. The molecule has 124 valence electrons. The first-order valence-electron chi connectivity index (χ1n) is 7.72. The van der Waals surface area contributed by atoms with Crippen LogP contribution in [0.5, 0.6) is 0 Å². The van der Waals surface area contributed by atoms with Crippen LogP contribution in [-0.2, 0) is 19.4 Å². The fourth-order valence-corrected chi connectivity index (χ4v) is 4.62. The number of carbonyl (C=O) groups is 2. The van der Waals surface area contributed by atoms with Gasteiger partial charge in [-0.05, 0) is 37.5 Å². The third kappa shape index (κ3) is 3.90. The Morgan fingerprint density at radius 1 is 1.17 bits per heavy atom. The second-order valence-electron chi connectivity index (χ2n) is 6.42. The van der Waals surface area contributed by atoms with E-state index in [0.29, 0.717) is 12.8 Å². The van der Waals surface area contributed by atoms with Crippen LogP contribution < -0.4 is 10.6 Å². The number of nitrogens with one attached hydrogen (secondary N) is 2. The Hall–Kier alpha value is -1.89. The molecule has 2 amide bonds. The predicted molar refractivity (Wildman–Crippen MR) is 86.6 cm³/mol. The van der Waals surface area contributed by atoms with Crippen LogP contribution in [0.3, 0.4) is 0 Å². The number of rotatable bonds is 4. The van der Waals surface area contributed by atoms with Gasteiger partial charge in [-0.3, -0.25) is 9.59 Å². The molecule has 1 saturated carbocycles. The summed E-state index contributed by atoms with van der Waals surface area (Å²) in [6.07, 6.45) is 0.976. The summed E-state index contributed by atoms with van der Waals surface area (Å²) >= 11 is 0. The molecule has 2 N–H and O–H groups in total. The summed E-state index contributed by atoms with van der Waals surface area (Å²) in [5, 5.41) is 5.58. The average Bonchev–Trinajstić information content (AvgIpc) is 3.19. The summed E-state index contributed by atoms with van der Waals surface area (Å²) in [5.41, 5.74) is 1.78. The SMILES string of the molecule is Cc1cccc(NC(=O)C2CC2C(=O)NC2CCS(=O)(=O)C2)c1. The molecule has 0 bridgehead atoms. The molecule has 1 saturated heterocycles. The first-order chi connectivity index (χ1) is 10.8. The summed E-state index contributed by atoms with van der Waals surface area (Å²) in [7, 11) is -3.02. The lowest BCUT2D eigenvalue weighted by Crippen LogP contribution is -2.37. The highest BCUT2D eigenvalue weighted by molar-refractivity contribution is 7.91. The molecule has 6 nitrogen and oxygen atoms in total. The Morgan fingerprint density at radius 2 is 1.91 bits per heavy atom. The highest BCUT2D eigenvalue weighted by Crippen LogP contribution is 2.39. The molecule has 1 heterocycles. The lowest BCUT2D eigenvalue weighted by Gasteiger charge is -2.10. The van der Waals surface area contributed by atoms with Gasteiger partial charge in [-0.2, -0.15) is 0 Å². The number of hydrogen-bond acceptors (Lipinski definition) is 4. The Bertz CT molecular complexity index is 744. The van der Waals surface area contributed by atoms with Crippen LogP contribution in [0.1, 0.15) is 18.4 Å². The van der Waals surface area contributed by atoms with Gasteiger partial charge in [0.1, 0.15) is 0 Å². The summed E-state index contributed by atoms with van der Waals surface area (Å²) in [4.78, 5) is 24.3. The van der Waals surface area contributed by atoms with Crippen LogP contribution in [-0.4, -0.2) is 37.8 Å². The van der Waals surface area contributed by atoms with Crippen molar-refractivity contribution in [2.75, 3.05) is 16.8 Å². The van der Waals surface area contributed by atoms with Gasteiger partial charge in [0.05, 0.1) is 23.3 Å². The Balaban J connectivity index is 1.50. The molecule has 7 heteroatoms. The highest BCUT2D eigenvalue weighted by Gasteiger charge is 2.48. The van der Waals surface area contributed by atoms with Crippen molar-refractivity contribution in [1.29, 1.82) is 0 Å². The van der Waals surface area contributed by atoms with Gasteiger partial charge >= 0.3 is 0 Å². The molecule has 1 aliphatic heterocycles. The standard InChI is InChI=1S/C16H20N2O4S/c1-10-3-2-4-11(7-10)17-15(19)13-8-14(13)16(20)18-12-5-6-23(21,22)9-12/h2-4,7,12-14H,5-6,8-9H2,1H3,(H,17,19)(H,18,20). The van der Waals surface area contributed by atoms with Crippen molar-refractivity contribution >= 4 is 27.3 Å². The van der Waals surface area contributed by atoms with E-state index in [-0.39, 0.29) is 41.2 Å². The van der Waals surface area contributed by atoms with Crippen LogP contribution in [0.4, 0.5) is 5.69 Å². The van der Waals surface area contributed by atoms with Crippen molar-refractivity contribution in [2.24, 2.45) is 11.8 Å². The Kier molecular flexibility index (Phi) is 4.14. The number of aryl methyl sites for hydroxylation is 1. The minimum absolute atomic E-state index is 0.00557. The van der Waals surface area contributed by atoms with Crippen molar-refractivity contribution in [3.8, 4) is 0 Å². The van der Waals surface area contributed by atoms with E-state index < -0.39 is 9.84 Å². The quantitative estimate of drug-likeness (QED) is 0.853. The zero-order valence-corrected chi connectivity index (χ0v) is 13.7. The zero-order valence-electron chi connectivity index (χ0n) is 12.9. The summed E-state index contributed by atoms with van der Waals surface area (Å²) in [6, 6.07) is 7.18. The molecular weight excluding hydrogens is 316 g/mol. The van der Waals surface area contributed by atoms with E-state index in [9.17, 15) is 18.0 Å². The normalized spacial score (nSPS) is 28.1. The fourth-order valence-electron chi connectivity index (χ4n) is 2.95. The van der Waals surface area contributed by atoms with E-state index in [1.54, 1.807) is 0 Å². The molecule has 2 aliphatic rings. The largest absolute Gasteiger partial charge is 0.352 e. The number of sulfone groups is 1. The molecule has 0 aromatic heterocycles. The second kappa shape index (κ2) is 5.96. The van der Waals surface area contributed by atoms with Crippen molar-refractivity contribution in [2.45, 2.75) is 25.8 Å². The van der Waals surface area contributed by atoms with E-state index in [1.807, 2.05) is 31.2 Å².